The van der Waals surface area contributed by atoms with E-state index < -0.39 is 6.10 Å². The number of carbonyl (C=O) groups is 3. The Labute approximate surface area is 407 Å². The van der Waals surface area contributed by atoms with Crippen LogP contribution in [-0.4, -0.2) is 37.2 Å². The quantitative estimate of drug-likeness (QED) is 0.0262. The van der Waals surface area contributed by atoms with Gasteiger partial charge in [-0.05, 0) is 96.3 Å². The Bertz CT molecular complexity index is 1330. The number of hydrogen-bond donors (Lipinski definition) is 0. The molecule has 0 spiro atoms. The zero-order chi connectivity index (χ0) is 47.9. The molecule has 6 nitrogen and oxygen atoms in total. The minimum atomic E-state index is -0.782. The Morgan fingerprint density at radius 2 is 0.606 bits per heavy atom. The third kappa shape index (κ3) is 51.3. The molecule has 0 aliphatic heterocycles. The molecule has 0 amide bonds. The molecule has 0 saturated carbocycles. The molecule has 0 N–H and O–H groups in total. The second kappa shape index (κ2) is 53.9. The monoisotopic (exact) mass is 917 g/mol. The van der Waals surface area contributed by atoms with Gasteiger partial charge in [0.15, 0.2) is 6.10 Å². The highest BCUT2D eigenvalue weighted by Gasteiger charge is 2.19. The summed E-state index contributed by atoms with van der Waals surface area (Å²) in [6, 6.07) is 0. The molecule has 0 aromatic heterocycles. The van der Waals surface area contributed by atoms with Crippen LogP contribution in [0.4, 0.5) is 0 Å². The lowest BCUT2D eigenvalue weighted by Gasteiger charge is -2.18. The maximum atomic E-state index is 12.7. The molecular formula is C60H100O6. The Balaban J connectivity index is 4.08. The van der Waals surface area contributed by atoms with Crippen molar-refractivity contribution in [1.29, 1.82) is 0 Å². The van der Waals surface area contributed by atoms with Crippen LogP contribution in [0, 0.1) is 0 Å². The average molecular weight is 917 g/mol. The largest absolute Gasteiger partial charge is 0.462 e. The predicted molar refractivity (Wildman–Crippen MR) is 284 cm³/mol. The van der Waals surface area contributed by atoms with Gasteiger partial charge in [-0.15, -0.1) is 0 Å². The molecule has 0 aliphatic rings. The third-order valence-corrected chi connectivity index (χ3v) is 11.3. The van der Waals surface area contributed by atoms with Gasteiger partial charge in [0, 0.05) is 19.3 Å². The van der Waals surface area contributed by atoms with Crippen molar-refractivity contribution in [2.45, 2.75) is 252 Å². The maximum Gasteiger partial charge on any atom is 0.306 e. The van der Waals surface area contributed by atoms with Crippen molar-refractivity contribution in [3.63, 3.8) is 0 Å². The van der Waals surface area contributed by atoms with Crippen LogP contribution in [0.1, 0.15) is 245 Å². The van der Waals surface area contributed by atoms with Gasteiger partial charge in [0.05, 0.1) is 0 Å². The minimum absolute atomic E-state index is 0.0850. The summed E-state index contributed by atoms with van der Waals surface area (Å²) < 4.78 is 16.7. The topological polar surface area (TPSA) is 78.9 Å². The van der Waals surface area contributed by atoms with E-state index in [1.165, 1.54) is 77.0 Å². The van der Waals surface area contributed by atoms with Crippen molar-refractivity contribution in [2.24, 2.45) is 0 Å². The summed E-state index contributed by atoms with van der Waals surface area (Å²) in [6.45, 7) is 6.38. The van der Waals surface area contributed by atoms with E-state index >= 15 is 0 Å². The molecule has 66 heavy (non-hydrogen) atoms. The van der Waals surface area contributed by atoms with Gasteiger partial charge < -0.3 is 14.2 Å². The predicted octanol–water partition coefficient (Wildman–Crippen LogP) is 18.1. The van der Waals surface area contributed by atoms with Crippen LogP contribution in [0.3, 0.4) is 0 Å². The van der Waals surface area contributed by atoms with Gasteiger partial charge in [0.25, 0.3) is 0 Å². The normalized spacial score (nSPS) is 12.8. The van der Waals surface area contributed by atoms with Gasteiger partial charge in [0.2, 0.25) is 0 Å². The highest BCUT2D eigenvalue weighted by molar-refractivity contribution is 5.71. The standard InChI is InChI=1S/C60H100O6/c1-4-7-10-13-15-17-19-21-23-24-25-26-27-28-29-30-31-32-33-34-35-36-37-39-40-42-44-47-50-53-59(62)65-56-57(55-64-58(61)52-49-46-12-9-6-3)66-60(63)54-51-48-45-43-41-38-22-20-18-16-14-11-8-5-2/h7,10,14-17,20-23,25-26,28-29,31-32,57H,4-6,8-9,11-13,18-19,24,27,30,33-56H2,1-3H3/b10-7-,16-14-,17-15-,22-20-,23-21-,26-25-,29-28-,32-31-. The second-order valence-corrected chi connectivity index (χ2v) is 17.8. The fraction of sp³-hybridized carbons (Fsp3) is 0.683. The smallest absolute Gasteiger partial charge is 0.306 e. The van der Waals surface area contributed by atoms with Gasteiger partial charge in [-0.1, -0.05) is 227 Å². The van der Waals surface area contributed by atoms with E-state index in [1.807, 2.05) is 0 Å². The van der Waals surface area contributed by atoms with E-state index in [2.05, 4.69) is 118 Å². The third-order valence-electron chi connectivity index (χ3n) is 11.3. The number of esters is 3. The van der Waals surface area contributed by atoms with E-state index in [4.69, 9.17) is 14.2 Å². The molecule has 376 valence electrons. The van der Waals surface area contributed by atoms with Crippen molar-refractivity contribution in [3.8, 4) is 0 Å². The van der Waals surface area contributed by atoms with Crippen molar-refractivity contribution in [1.82, 2.24) is 0 Å². The highest BCUT2D eigenvalue weighted by atomic mass is 16.6. The van der Waals surface area contributed by atoms with Crippen LogP contribution in [0.15, 0.2) is 97.2 Å². The van der Waals surface area contributed by atoms with E-state index in [-0.39, 0.29) is 31.1 Å². The van der Waals surface area contributed by atoms with Crippen molar-refractivity contribution >= 4 is 17.9 Å². The lowest BCUT2D eigenvalue weighted by atomic mass is 10.1. The first-order valence-electron chi connectivity index (χ1n) is 27.2. The molecule has 0 heterocycles. The first-order chi connectivity index (χ1) is 32.5. The average Bonchev–Trinajstić information content (AvgIpc) is 3.31. The number of rotatable bonds is 48. The Hall–Kier alpha value is -3.67. The second-order valence-electron chi connectivity index (χ2n) is 17.8. The fourth-order valence-corrected chi connectivity index (χ4v) is 7.23. The van der Waals surface area contributed by atoms with Gasteiger partial charge in [0.1, 0.15) is 13.2 Å². The van der Waals surface area contributed by atoms with Crippen LogP contribution < -0.4 is 0 Å². The van der Waals surface area contributed by atoms with E-state index in [9.17, 15) is 14.4 Å². The molecule has 0 saturated heterocycles. The lowest BCUT2D eigenvalue weighted by molar-refractivity contribution is -0.167. The molecule has 0 bridgehead atoms. The van der Waals surface area contributed by atoms with Crippen molar-refractivity contribution < 1.29 is 28.6 Å². The Morgan fingerprint density at radius 3 is 0.970 bits per heavy atom. The van der Waals surface area contributed by atoms with Crippen LogP contribution in [-0.2, 0) is 28.6 Å². The van der Waals surface area contributed by atoms with Gasteiger partial charge in [-0.2, -0.15) is 0 Å². The van der Waals surface area contributed by atoms with Crippen LogP contribution in [0.25, 0.3) is 0 Å². The number of hydrogen-bond acceptors (Lipinski definition) is 6. The summed E-state index contributed by atoms with van der Waals surface area (Å²) in [4.78, 5) is 37.7. The van der Waals surface area contributed by atoms with Gasteiger partial charge in [-0.25, -0.2) is 0 Å². The summed E-state index contributed by atoms with van der Waals surface area (Å²) in [7, 11) is 0. The summed E-state index contributed by atoms with van der Waals surface area (Å²) in [6.07, 6.45) is 71.5. The van der Waals surface area contributed by atoms with E-state index in [0.29, 0.717) is 19.3 Å². The van der Waals surface area contributed by atoms with Crippen LogP contribution in [0.2, 0.25) is 0 Å². The number of ether oxygens (including phenoxy) is 3. The molecule has 0 rings (SSSR count). The van der Waals surface area contributed by atoms with Gasteiger partial charge in [-0.3, -0.25) is 14.4 Å². The fourth-order valence-electron chi connectivity index (χ4n) is 7.23. The Morgan fingerprint density at radius 1 is 0.318 bits per heavy atom. The highest BCUT2D eigenvalue weighted by Crippen LogP contribution is 2.14. The summed E-state index contributed by atoms with van der Waals surface area (Å²) in [5.41, 5.74) is 0. The number of carbonyl (C=O) groups excluding carboxylic acids is 3. The summed E-state index contributed by atoms with van der Waals surface area (Å²) >= 11 is 0. The Kier molecular flexibility index (Phi) is 50.9. The van der Waals surface area contributed by atoms with Crippen LogP contribution in [0.5, 0.6) is 0 Å². The summed E-state index contributed by atoms with van der Waals surface area (Å²) in [5, 5.41) is 0. The SMILES string of the molecule is CC/C=C\C/C=C\C/C=C\C/C=C\C/C=C\C/C=C\CCCCCCCCCCCCC(=O)OCC(COC(=O)CCCCCCC)OC(=O)CCCCCCC/C=C\C/C=C\CCCC. The van der Waals surface area contributed by atoms with Crippen molar-refractivity contribution in [3.05, 3.63) is 97.2 Å². The molecular weight excluding hydrogens is 817 g/mol. The minimum Gasteiger partial charge on any atom is -0.462 e. The molecule has 0 radical (unpaired) electrons. The molecule has 0 aliphatic carbocycles. The molecule has 0 fully saturated rings. The summed E-state index contributed by atoms with van der Waals surface area (Å²) in [5.74, 6) is -0.919. The lowest BCUT2D eigenvalue weighted by Crippen LogP contribution is -2.30. The van der Waals surface area contributed by atoms with Crippen molar-refractivity contribution in [2.75, 3.05) is 13.2 Å². The first kappa shape index (κ1) is 62.3. The molecule has 0 aromatic rings. The molecule has 6 heteroatoms. The molecule has 1 atom stereocenters. The number of allylic oxidation sites excluding steroid dienone is 16. The zero-order valence-corrected chi connectivity index (χ0v) is 42.9. The number of unbranched alkanes of at least 4 members (excludes halogenated alkanes) is 21. The molecule has 1 unspecified atom stereocenters. The van der Waals surface area contributed by atoms with Gasteiger partial charge >= 0.3 is 17.9 Å². The molecule has 0 aromatic carbocycles. The van der Waals surface area contributed by atoms with Crippen LogP contribution >= 0.6 is 0 Å². The zero-order valence-electron chi connectivity index (χ0n) is 42.9. The van der Waals surface area contributed by atoms with E-state index in [0.717, 1.165) is 128 Å². The van der Waals surface area contributed by atoms with E-state index in [1.54, 1.807) is 0 Å². The maximum absolute atomic E-state index is 12.7. The first-order valence-corrected chi connectivity index (χ1v) is 27.2.